The van der Waals surface area contributed by atoms with Crippen LogP contribution in [0.4, 0.5) is 11.6 Å². The molecular weight excluding hydrogens is 419 g/mol. The van der Waals surface area contributed by atoms with Gasteiger partial charge >= 0.3 is 11.6 Å². The fraction of sp³-hybridized carbons (Fsp3) is 0.571. The highest BCUT2D eigenvalue weighted by Crippen LogP contribution is 2.15. The smallest absolute Gasteiger partial charge is 0.342 e. The molecule has 2 N–H and O–H groups in total. The minimum absolute atomic E-state index is 0.0365. The maximum atomic E-state index is 10.5. The minimum Gasteiger partial charge on any atom is -0.388 e. The summed E-state index contributed by atoms with van der Waals surface area (Å²) in [6.45, 7) is 3.44. The van der Waals surface area contributed by atoms with Crippen LogP contribution >= 0.6 is 23.2 Å². The third kappa shape index (κ3) is 6.41. The van der Waals surface area contributed by atoms with Crippen molar-refractivity contribution in [2.45, 2.75) is 39.1 Å². The Bertz CT molecular complexity index is 744. The molecule has 0 saturated heterocycles. The van der Waals surface area contributed by atoms with Crippen LogP contribution in [0.3, 0.4) is 0 Å². The minimum atomic E-state index is -0.803. The molecule has 28 heavy (non-hydrogen) atoms. The highest BCUT2D eigenvalue weighted by molar-refractivity contribution is 6.18. The second-order valence-electron chi connectivity index (χ2n) is 5.68. The Morgan fingerprint density at radius 1 is 0.929 bits per heavy atom. The molecule has 0 bridgehead atoms. The van der Waals surface area contributed by atoms with Crippen LogP contribution in [0.25, 0.3) is 0 Å². The Labute approximate surface area is 169 Å². The zero-order valence-electron chi connectivity index (χ0n) is 15.1. The second-order valence-corrected chi connectivity index (χ2v) is 6.30. The molecule has 2 aromatic rings. The number of alkyl halides is 2. The fourth-order valence-corrected chi connectivity index (χ4v) is 2.37. The highest BCUT2D eigenvalue weighted by Gasteiger charge is 2.20. The molecule has 0 spiro atoms. The molecule has 156 valence electrons. The largest absolute Gasteiger partial charge is 0.388 e. The zero-order chi connectivity index (χ0) is 21.4. The van der Waals surface area contributed by atoms with Crippen LogP contribution in [0, 0.1) is 34.1 Å². The van der Waals surface area contributed by atoms with E-state index in [-0.39, 0.29) is 36.5 Å². The second kappa shape index (κ2) is 10.9. The highest BCUT2D eigenvalue weighted by atomic mass is 35.5. The van der Waals surface area contributed by atoms with Crippen LogP contribution in [0.15, 0.2) is 12.4 Å². The lowest BCUT2D eigenvalue weighted by Gasteiger charge is -2.06. The lowest BCUT2D eigenvalue weighted by atomic mass is 10.4. The Balaban J connectivity index is 0.000000280. The van der Waals surface area contributed by atoms with E-state index in [2.05, 4.69) is 9.97 Å². The molecule has 2 aromatic heterocycles. The Hall–Kier alpha value is -2.28. The molecule has 0 saturated carbocycles. The van der Waals surface area contributed by atoms with Crippen LogP contribution in [-0.4, -0.2) is 63.1 Å². The number of nitro groups is 2. The normalized spacial score (nSPS) is 12.8. The van der Waals surface area contributed by atoms with Gasteiger partial charge in [-0.25, -0.2) is 19.1 Å². The van der Waals surface area contributed by atoms with Crippen LogP contribution in [0.2, 0.25) is 0 Å². The average molecular weight is 439 g/mol. The van der Waals surface area contributed by atoms with E-state index in [1.807, 2.05) is 0 Å². The van der Waals surface area contributed by atoms with E-state index < -0.39 is 22.1 Å². The fourth-order valence-electron chi connectivity index (χ4n) is 2.17. The van der Waals surface area contributed by atoms with E-state index in [4.69, 9.17) is 23.2 Å². The summed E-state index contributed by atoms with van der Waals surface area (Å²) in [5.41, 5.74) is 0. The van der Waals surface area contributed by atoms with Crippen molar-refractivity contribution < 1.29 is 20.1 Å². The predicted molar refractivity (Wildman–Crippen MR) is 101 cm³/mol. The molecule has 0 amide bonds. The van der Waals surface area contributed by atoms with E-state index >= 15 is 0 Å². The average Bonchev–Trinajstić information content (AvgIpc) is 3.19. The van der Waals surface area contributed by atoms with Crippen molar-refractivity contribution in [1.29, 1.82) is 0 Å². The molecule has 0 aliphatic rings. The number of aryl methyl sites for hydroxylation is 2. The first-order valence-electron chi connectivity index (χ1n) is 7.93. The van der Waals surface area contributed by atoms with Crippen LogP contribution in [0.5, 0.6) is 0 Å². The molecule has 0 aromatic carbocycles. The number of imidazole rings is 2. The van der Waals surface area contributed by atoms with E-state index in [1.54, 1.807) is 13.8 Å². The van der Waals surface area contributed by atoms with Gasteiger partial charge in [-0.15, -0.1) is 23.2 Å². The third-order valence-corrected chi connectivity index (χ3v) is 4.30. The van der Waals surface area contributed by atoms with Crippen molar-refractivity contribution >= 4 is 34.8 Å². The molecule has 0 aliphatic heterocycles. The molecule has 0 radical (unpaired) electrons. The van der Waals surface area contributed by atoms with Crippen molar-refractivity contribution in [1.82, 2.24) is 19.1 Å². The summed E-state index contributed by atoms with van der Waals surface area (Å²) in [4.78, 5) is 27.6. The van der Waals surface area contributed by atoms with Crippen molar-refractivity contribution in [2.24, 2.45) is 0 Å². The number of aliphatic hydroxyl groups is 2. The number of nitrogens with zero attached hydrogens (tertiary/aromatic N) is 6. The number of aliphatic hydroxyl groups excluding tert-OH is 2. The molecule has 2 rings (SSSR count). The molecule has 14 heteroatoms. The SMILES string of the molecule is Cc1ncc([N+](=O)[O-])n1C[C@@H](O)CCl.Cc1ncc([N+](=O)[O-])n1C[C@H](O)CCl. The quantitative estimate of drug-likeness (QED) is 0.354. The van der Waals surface area contributed by atoms with Crippen LogP contribution in [-0.2, 0) is 13.1 Å². The van der Waals surface area contributed by atoms with Gasteiger partial charge in [-0.05, 0) is 9.85 Å². The Morgan fingerprint density at radius 3 is 1.50 bits per heavy atom. The van der Waals surface area contributed by atoms with E-state index in [1.165, 1.54) is 9.13 Å². The van der Waals surface area contributed by atoms with Gasteiger partial charge in [0.15, 0.2) is 11.6 Å². The molecule has 2 heterocycles. The van der Waals surface area contributed by atoms with Gasteiger partial charge in [-0.3, -0.25) is 0 Å². The zero-order valence-corrected chi connectivity index (χ0v) is 16.6. The number of aromatic nitrogens is 4. The predicted octanol–water partition coefficient (Wildman–Crippen LogP) is 1.40. The van der Waals surface area contributed by atoms with Crippen molar-refractivity contribution in [3.05, 3.63) is 44.3 Å². The number of rotatable bonds is 8. The van der Waals surface area contributed by atoms with Gasteiger partial charge in [0.25, 0.3) is 0 Å². The van der Waals surface area contributed by atoms with Gasteiger partial charge in [0.2, 0.25) is 0 Å². The van der Waals surface area contributed by atoms with Gasteiger partial charge in [0, 0.05) is 13.8 Å². The van der Waals surface area contributed by atoms with Crippen LogP contribution < -0.4 is 0 Å². The van der Waals surface area contributed by atoms with Crippen molar-refractivity contribution in [3.8, 4) is 0 Å². The first kappa shape index (κ1) is 23.8. The van der Waals surface area contributed by atoms with Gasteiger partial charge in [0.1, 0.15) is 37.7 Å². The monoisotopic (exact) mass is 438 g/mol. The summed E-state index contributed by atoms with van der Waals surface area (Å²) < 4.78 is 2.65. The number of hydrogen-bond acceptors (Lipinski definition) is 8. The molecule has 0 fully saturated rings. The topological polar surface area (TPSA) is 162 Å². The summed E-state index contributed by atoms with van der Waals surface area (Å²) >= 11 is 10.8. The molecule has 0 unspecified atom stereocenters. The number of halogens is 2. The van der Waals surface area contributed by atoms with E-state index in [0.29, 0.717) is 11.6 Å². The molecular formula is C14H20Cl2N6O6. The van der Waals surface area contributed by atoms with E-state index in [9.17, 15) is 30.4 Å². The van der Waals surface area contributed by atoms with Crippen molar-refractivity contribution in [2.75, 3.05) is 11.8 Å². The van der Waals surface area contributed by atoms with Gasteiger partial charge < -0.3 is 30.4 Å². The Kier molecular flexibility index (Phi) is 9.25. The van der Waals surface area contributed by atoms with Gasteiger partial charge in [0.05, 0.1) is 11.8 Å². The van der Waals surface area contributed by atoms with Crippen LogP contribution in [0.1, 0.15) is 11.6 Å². The summed E-state index contributed by atoms with van der Waals surface area (Å²) in [6.07, 6.45) is 0.721. The number of hydrogen-bond donors (Lipinski definition) is 2. The maximum Gasteiger partial charge on any atom is 0.342 e. The Morgan fingerprint density at radius 2 is 1.25 bits per heavy atom. The standard InChI is InChI=1S/2C7H10ClN3O3/c2*1-5-9-3-7(11(13)14)10(5)4-6(12)2-8/h2*3,6,12H,2,4H2,1H3/t2*6-/m10/s1. The first-order chi connectivity index (χ1) is 13.1. The summed E-state index contributed by atoms with van der Waals surface area (Å²) in [7, 11) is 0. The van der Waals surface area contributed by atoms with Crippen molar-refractivity contribution in [3.63, 3.8) is 0 Å². The van der Waals surface area contributed by atoms with Gasteiger partial charge in [-0.1, -0.05) is 0 Å². The maximum absolute atomic E-state index is 10.5. The summed E-state index contributed by atoms with van der Waals surface area (Å²) in [5.74, 6) is 0.781. The summed E-state index contributed by atoms with van der Waals surface area (Å²) in [6, 6.07) is 0. The van der Waals surface area contributed by atoms with Gasteiger partial charge in [-0.2, -0.15) is 0 Å². The molecule has 0 aliphatic carbocycles. The lowest BCUT2D eigenvalue weighted by molar-refractivity contribution is -0.392. The molecule has 2 atom stereocenters. The van der Waals surface area contributed by atoms with E-state index in [0.717, 1.165) is 12.4 Å². The molecule has 12 nitrogen and oxygen atoms in total. The third-order valence-electron chi connectivity index (χ3n) is 3.59. The summed E-state index contributed by atoms with van der Waals surface area (Å²) in [5, 5.41) is 39.6. The lowest BCUT2D eigenvalue weighted by Crippen LogP contribution is -2.19. The first-order valence-corrected chi connectivity index (χ1v) is 9.00.